The molecule has 2 unspecified atom stereocenters. The summed E-state index contributed by atoms with van der Waals surface area (Å²) >= 11 is 0. The highest BCUT2D eigenvalue weighted by Crippen LogP contribution is 2.32. The summed E-state index contributed by atoms with van der Waals surface area (Å²) in [5, 5.41) is 13.9. The molecule has 0 radical (unpaired) electrons. The summed E-state index contributed by atoms with van der Waals surface area (Å²) in [7, 11) is 1.59. The molecule has 2 amide bonds. The van der Waals surface area contributed by atoms with Crippen LogP contribution in [0.15, 0.2) is 23.2 Å². The van der Waals surface area contributed by atoms with Gasteiger partial charge in [-0.15, -0.1) is 6.58 Å². The fraction of sp³-hybridized carbons (Fsp3) is 0.571. The van der Waals surface area contributed by atoms with E-state index in [2.05, 4.69) is 11.7 Å². The molecule has 1 fully saturated rings. The number of aliphatic hydroxyl groups excluding tert-OH is 1. The molecule has 1 aromatic heterocycles. The summed E-state index contributed by atoms with van der Waals surface area (Å²) in [5.41, 5.74) is -0.611. The Morgan fingerprint density at radius 3 is 3.00 bits per heavy atom. The molecule has 1 aliphatic rings. The zero-order valence-corrected chi connectivity index (χ0v) is 12.6. The van der Waals surface area contributed by atoms with Crippen LogP contribution in [0.4, 0.5) is 10.6 Å². The molecular weight excluding hydrogens is 274 g/mol. The first-order valence-corrected chi connectivity index (χ1v) is 6.86. The molecular formula is C14H21N3O4. The van der Waals surface area contributed by atoms with Gasteiger partial charge in [0.1, 0.15) is 5.60 Å². The summed E-state index contributed by atoms with van der Waals surface area (Å²) in [5.74, 6) is 0.801. The van der Waals surface area contributed by atoms with Gasteiger partial charge in [0, 0.05) is 19.7 Å². The summed E-state index contributed by atoms with van der Waals surface area (Å²) in [6.45, 7) is 8.03. The molecule has 2 rings (SSSR count). The zero-order chi connectivity index (χ0) is 15.6. The number of aliphatic hydroxyl groups is 1. The lowest BCUT2D eigenvalue weighted by atomic mass is 10.00. The molecule has 1 N–H and O–H groups in total. The predicted molar refractivity (Wildman–Crippen MR) is 76.8 cm³/mol. The van der Waals surface area contributed by atoms with Gasteiger partial charge in [0.05, 0.1) is 6.54 Å². The SMILES string of the molecule is C=CCN1CC(O)N(c2cc(C(C)(CC)OC)on2)C1=O. The van der Waals surface area contributed by atoms with Crippen LogP contribution in [0.1, 0.15) is 26.0 Å². The number of rotatable bonds is 6. The summed E-state index contributed by atoms with van der Waals surface area (Å²) in [6, 6.07) is 1.31. The Hall–Kier alpha value is -1.86. The molecule has 1 saturated heterocycles. The highest BCUT2D eigenvalue weighted by Gasteiger charge is 2.39. The van der Waals surface area contributed by atoms with Gasteiger partial charge in [-0.05, 0) is 13.3 Å². The maximum absolute atomic E-state index is 12.2. The largest absolute Gasteiger partial charge is 0.371 e. The Kier molecular flexibility index (Phi) is 4.34. The molecule has 7 heteroatoms. The third-order valence-electron chi connectivity index (χ3n) is 3.90. The summed E-state index contributed by atoms with van der Waals surface area (Å²) in [4.78, 5) is 14.9. The van der Waals surface area contributed by atoms with E-state index in [0.29, 0.717) is 18.7 Å². The van der Waals surface area contributed by atoms with Crippen LogP contribution in [-0.4, -0.2) is 47.6 Å². The minimum Gasteiger partial charge on any atom is -0.371 e. The van der Waals surface area contributed by atoms with Crippen LogP contribution in [0.3, 0.4) is 0 Å². The van der Waals surface area contributed by atoms with Gasteiger partial charge in [-0.25, -0.2) is 9.69 Å². The number of amides is 2. The van der Waals surface area contributed by atoms with Crippen LogP contribution >= 0.6 is 0 Å². The van der Waals surface area contributed by atoms with Gasteiger partial charge >= 0.3 is 6.03 Å². The number of aromatic nitrogens is 1. The summed E-state index contributed by atoms with van der Waals surface area (Å²) < 4.78 is 10.7. The third-order valence-corrected chi connectivity index (χ3v) is 3.90. The van der Waals surface area contributed by atoms with E-state index in [1.54, 1.807) is 19.3 Å². The molecule has 0 saturated carbocycles. The second kappa shape index (κ2) is 5.87. The zero-order valence-electron chi connectivity index (χ0n) is 12.6. The molecule has 116 valence electrons. The van der Waals surface area contributed by atoms with Gasteiger partial charge in [-0.2, -0.15) is 0 Å². The quantitative estimate of drug-likeness (QED) is 0.808. The van der Waals surface area contributed by atoms with Crippen molar-refractivity contribution in [3.05, 3.63) is 24.5 Å². The first-order valence-electron chi connectivity index (χ1n) is 6.86. The van der Waals surface area contributed by atoms with Crippen molar-refractivity contribution in [2.45, 2.75) is 32.1 Å². The number of ether oxygens (including phenoxy) is 1. The van der Waals surface area contributed by atoms with Crippen molar-refractivity contribution in [3.8, 4) is 0 Å². The van der Waals surface area contributed by atoms with Crippen LogP contribution in [0.25, 0.3) is 0 Å². The van der Waals surface area contributed by atoms with Gasteiger partial charge in [0.15, 0.2) is 17.8 Å². The van der Waals surface area contributed by atoms with E-state index >= 15 is 0 Å². The van der Waals surface area contributed by atoms with E-state index in [1.807, 2.05) is 13.8 Å². The van der Waals surface area contributed by atoms with Crippen molar-refractivity contribution < 1.29 is 19.2 Å². The van der Waals surface area contributed by atoms with Crippen molar-refractivity contribution in [1.29, 1.82) is 0 Å². The molecule has 0 bridgehead atoms. The molecule has 1 aliphatic heterocycles. The number of carbonyl (C=O) groups excluding carboxylic acids is 1. The van der Waals surface area contributed by atoms with Gasteiger partial charge in [0.25, 0.3) is 0 Å². The Labute approximate surface area is 123 Å². The molecule has 7 nitrogen and oxygen atoms in total. The van der Waals surface area contributed by atoms with Crippen LogP contribution in [0, 0.1) is 0 Å². The number of hydrogen-bond donors (Lipinski definition) is 1. The van der Waals surface area contributed by atoms with Gasteiger partial charge in [-0.1, -0.05) is 18.2 Å². The molecule has 2 atom stereocenters. The molecule has 21 heavy (non-hydrogen) atoms. The number of anilines is 1. The van der Waals surface area contributed by atoms with Crippen LogP contribution < -0.4 is 4.90 Å². The lowest BCUT2D eigenvalue weighted by Gasteiger charge is -2.22. The topological polar surface area (TPSA) is 79.0 Å². The first-order chi connectivity index (χ1) is 9.96. The maximum Gasteiger partial charge on any atom is 0.328 e. The van der Waals surface area contributed by atoms with Crippen LogP contribution in [0.2, 0.25) is 0 Å². The number of nitrogens with zero attached hydrogens (tertiary/aromatic N) is 3. The second-order valence-corrected chi connectivity index (χ2v) is 5.16. The lowest BCUT2D eigenvalue weighted by Crippen LogP contribution is -2.35. The van der Waals surface area contributed by atoms with E-state index in [4.69, 9.17) is 9.26 Å². The summed E-state index contributed by atoms with van der Waals surface area (Å²) in [6.07, 6.45) is 1.35. The van der Waals surface area contributed by atoms with Crippen molar-refractivity contribution in [1.82, 2.24) is 10.1 Å². The predicted octanol–water partition coefficient (Wildman–Crippen LogP) is 1.69. The molecule has 0 aliphatic carbocycles. The lowest BCUT2D eigenvalue weighted by molar-refractivity contribution is -0.0230. The highest BCUT2D eigenvalue weighted by atomic mass is 16.5. The van der Waals surface area contributed by atoms with E-state index in [1.165, 1.54) is 9.80 Å². The van der Waals surface area contributed by atoms with E-state index in [0.717, 1.165) is 0 Å². The Morgan fingerprint density at radius 1 is 1.71 bits per heavy atom. The highest BCUT2D eigenvalue weighted by molar-refractivity contribution is 5.93. The number of urea groups is 1. The van der Waals surface area contributed by atoms with Crippen molar-refractivity contribution in [2.75, 3.05) is 25.1 Å². The maximum atomic E-state index is 12.2. The fourth-order valence-electron chi connectivity index (χ4n) is 2.24. The van der Waals surface area contributed by atoms with Crippen LogP contribution in [0.5, 0.6) is 0 Å². The Morgan fingerprint density at radius 2 is 2.43 bits per heavy atom. The smallest absolute Gasteiger partial charge is 0.328 e. The minimum atomic E-state index is -0.953. The molecule has 1 aromatic rings. The fourth-order valence-corrected chi connectivity index (χ4v) is 2.24. The van der Waals surface area contributed by atoms with Gasteiger partial charge in [0.2, 0.25) is 0 Å². The third kappa shape index (κ3) is 2.66. The van der Waals surface area contributed by atoms with Gasteiger partial charge < -0.3 is 19.3 Å². The van der Waals surface area contributed by atoms with E-state index in [-0.39, 0.29) is 18.4 Å². The minimum absolute atomic E-state index is 0.211. The van der Waals surface area contributed by atoms with E-state index in [9.17, 15) is 9.90 Å². The number of carbonyl (C=O) groups is 1. The first kappa shape index (κ1) is 15.5. The number of hydrogen-bond acceptors (Lipinski definition) is 5. The van der Waals surface area contributed by atoms with E-state index < -0.39 is 11.8 Å². The van der Waals surface area contributed by atoms with Gasteiger partial charge in [-0.3, -0.25) is 0 Å². The molecule has 0 spiro atoms. The van der Waals surface area contributed by atoms with Crippen molar-refractivity contribution >= 4 is 11.8 Å². The average Bonchev–Trinajstić information content (AvgIpc) is 3.05. The Bertz CT molecular complexity index is 524. The Balaban J connectivity index is 2.25. The van der Waals surface area contributed by atoms with Crippen LogP contribution in [-0.2, 0) is 10.3 Å². The van der Waals surface area contributed by atoms with Crippen molar-refractivity contribution in [2.24, 2.45) is 0 Å². The number of methoxy groups -OCH3 is 1. The number of β-amino-alcohol motifs (C(OH)–C–C–N with tert-alkyl or cyclic N) is 1. The average molecular weight is 295 g/mol. The standard InChI is InChI=1S/C14H21N3O4/c1-5-7-16-9-12(18)17(13(16)19)11-8-10(21-15-11)14(3,6-2)20-4/h5,8,12,18H,1,6-7,9H2,2-4H3. The van der Waals surface area contributed by atoms with Crippen molar-refractivity contribution in [3.63, 3.8) is 0 Å². The molecule has 2 heterocycles. The normalized spacial score (nSPS) is 21.7. The second-order valence-electron chi connectivity index (χ2n) is 5.16. The monoisotopic (exact) mass is 295 g/mol. The molecule has 0 aromatic carbocycles.